The largest absolute Gasteiger partial charge is 0.497 e. The second kappa shape index (κ2) is 7.79. The lowest BCUT2D eigenvalue weighted by atomic mass is 10.1. The van der Waals surface area contributed by atoms with Crippen LogP contribution in [0.4, 0.5) is 0 Å². The van der Waals surface area contributed by atoms with Gasteiger partial charge in [0.05, 0.1) is 13.7 Å². The topological polar surface area (TPSA) is 41.6 Å². The number of nitrogens with one attached hydrogen (secondary N) is 1. The van der Waals surface area contributed by atoms with Crippen molar-refractivity contribution in [2.45, 2.75) is 26.8 Å². The zero-order valence-corrected chi connectivity index (χ0v) is 12.3. The van der Waals surface area contributed by atoms with E-state index in [1.807, 2.05) is 49.9 Å². The van der Waals surface area contributed by atoms with Gasteiger partial charge in [-0.05, 0) is 38.5 Å². The Bertz CT molecular complexity index is 403. The SMILES string of the molecule is CCN(CC)C(=O)CN[C@@H](C)c1cccc(OC)c1. The lowest BCUT2D eigenvalue weighted by Gasteiger charge is -2.21. The second-order valence-corrected chi connectivity index (χ2v) is 4.45. The minimum Gasteiger partial charge on any atom is -0.497 e. The number of carbonyl (C=O) groups is 1. The molecule has 0 bridgehead atoms. The lowest BCUT2D eigenvalue weighted by Crippen LogP contribution is -2.38. The first-order chi connectivity index (χ1) is 9.12. The van der Waals surface area contributed by atoms with Crippen LogP contribution in [-0.4, -0.2) is 37.6 Å². The quantitative estimate of drug-likeness (QED) is 0.821. The molecule has 1 N–H and O–H groups in total. The van der Waals surface area contributed by atoms with Gasteiger partial charge in [-0.25, -0.2) is 0 Å². The highest BCUT2D eigenvalue weighted by Crippen LogP contribution is 2.18. The fourth-order valence-corrected chi connectivity index (χ4v) is 1.96. The Labute approximate surface area is 115 Å². The van der Waals surface area contributed by atoms with Gasteiger partial charge in [0.1, 0.15) is 5.75 Å². The van der Waals surface area contributed by atoms with Gasteiger partial charge < -0.3 is 15.0 Å². The van der Waals surface area contributed by atoms with Gasteiger partial charge in [-0.2, -0.15) is 0 Å². The van der Waals surface area contributed by atoms with Crippen molar-refractivity contribution in [2.24, 2.45) is 0 Å². The number of benzene rings is 1. The van der Waals surface area contributed by atoms with Crippen LogP contribution in [-0.2, 0) is 4.79 Å². The molecule has 4 nitrogen and oxygen atoms in total. The molecule has 1 aromatic carbocycles. The van der Waals surface area contributed by atoms with Crippen molar-refractivity contribution in [1.29, 1.82) is 0 Å². The van der Waals surface area contributed by atoms with Crippen LogP contribution in [0.1, 0.15) is 32.4 Å². The highest BCUT2D eigenvalue weighted by atomic mass is 16.5. The number of carbonyl (C=O) groups excluding carboxylic acids is 1. The van der Waals surface area contributed by atoms with E-state index in [2.05, 4.69) is 5.32 Å². The van der Waals surface area contributed by atoms with E-state index in [-0.39, 0.29) is 11.9 Å². The molecule has 0 aromatic heterocycles. The van der Waals surface area contributed by atoms with Gasteiger partial charge in [0.2, 0.25) is 5.91 Å². The Balaban J connectivity index is 2.55. The molecule has 0 saturated heterocycles. The van der Waals surface area contributed by atoms with Crippen molar-refractivity contribution in [3.8, 4) is 5.75 Å². The molecule has 0 aliphatic heterocycles. The average Bonchev–Trinajstić information content (AvgIpc) is 2.46. The zero-order chi connectivity index (χ0) is 14.3. The maximum Gasteiger partial charge on any atom is 0.236 e. The molecule has 1 amide bonds. The van der Waals surface area contributed by atoms with Gasteiger partial charge in [-0.3, -0.25) is 4.79 Å². The summed E-state index contributed by atoms with van der Waals surface area (Å²) in [4.78, 5) is 13.7. The lowest BCUT2D eigenvalue weighted by molar-refractivity contribution is -0.129. The van der Waals surface area contributed by atoms with E-state index < -0.39 is 0 Å². The van der Waals surface area contributed by atoms with Gasteiger partial charge in [-0.1, -0.05) is 12.1 Å². The monoisotopic (exact) mass is 264 g/mol. The van der Waals surface area contributed by atoms with Crippen LogP contribution < -0.4 is 10.1 Å². The van der Waals surface area contributed by atoms with E-state index in [0.717, 1.165) is 24.4 Å². The molecular formula is C15H24N2O2. The first-order valence-electron chi connectivity index (χ1n) is 6.77. The van der Waals surface area contributed by atoms with E-state index >= 15 is 0 Å². The number of likely N-dealkylation sites (N-methyl/N-ethyl adjacent to an activating group) is 1. The molecule has 1 aromatic rings. The predicted octanol–water partition coefficient (Wildman–Crippen LogP) is 2.21. The first kappa shape index (κ1) is 15.5. The molecule has 4 heteroatoms. The summed E-state index contributed by atoms with van der Waals surface area (Å²) in [5.41, 5.74) is 1.12. The summed E-state index contributed by atoms with van der Waals surface area (Å²) in [5, 5.41) is 3.25. The Morgan fingerprint density at radius 3 is 2.63 bits per heavy atom. The number of hydrogen-bond acceptors (Lipinski definition) is 3. The van der Waals surface area contributed by atoms with E-state index in [9.17, 15) is 4.79 Å². The molecule has 0 fully saturated rings. The Morgan fingerprint density at radius 1 is 1.37 bits per heavy atom. The number of methoxy groups -OCH3 is 1. The van der Waals surface area contributed by atoms with Crippen molar-refractivity contribution in [1.82, 2.24) is 10.2 Å². The van der Waals surface area contributed by atoms with Crippen LogP contribution in [0.2, 0.25) is 0 Å². The van der Waals surface area contributed by atoms with Gasteiger partial charge in [0, 0.05) is 19.1 Å². The summed E-state index contributed by atoms with van der Waals surface area (Å²) >= 11 is 0. The summed E-state index contributed by atoms with van der Waals surface area (Å²) in [6, 6.07) is 8.01. The molecular weight excluding hydrogens is 240 g/mol. The molecule has 0 saturated carbocycles. The smallest absolute Gasteiger partial charge is 0.236 e. The van der Waals surface area contributed by atoms with Crippen LogP contribution in [0, 0.1) is 0 Å². The highest BCUT2D eigenvalue weighted by Gasteiger charge is 2.12. The molecule has 0 heterocycles. The Hall–Kier alpha value is -1.55. The zero-order valence-electron chi connectivity index (χ0n) is 12.3. The second-order valence-electron chi connectivity index (χ2n) is 4.45. The number of hydrogen-bond donors (Lipinski definition) is 1. The standard InChI is InChI=1S/C15H24N2O2/c1-5-17(6-2)15(18)11-16-12(3)13-8-7-9-14(10-13)19-4/h7-10,12,16H,5-6,11H2,1-4H3/t12-/m0/s1. The molecule has 0 unspecified atom stereocenters. The van der Waals surface area contributed by atoms with Crippen molar-refractivity contribution in [3.63, 3.8) is 0 Å². The van der Waals surface area contributed by atoms with E-state index in [1.165, 1.54) is 0 Å². The molecule has 1 rings (SSSR count). The van der Waals surface area contributed by atoms with Crippen molar-refractivity contribution in [2.75, 3.05) is 26.7 Å². The van der Waals surface area contributed by atoms with Gasteiger partial charge in [-0.15, -0.1) is 0 Å². The third-order valence-corrected chi connectivity index (χ3v) is 3.27. The summed E-state index contributed by atoms with van der Waals surface area (Å²) in [6.45, 7) is 7.90. The normalized spacial score (nSPS) is 12.0. The van der Waals surface area contributed by atoms with Gasteiger partial charge in [0.15, 0.2) is 0 Å². The fraction of sp³-hybridized carbons (Fsp3) is 0.533. The molecule has 0 aliphatic carbocycles. The maximum absolute atomic E-state index is 11.9. The van der Waals surface area contributed by atoms with Crippen molar-refractivity contribution in [3.05, 3.63) is 29.8 Å². The summed E-state index contributed by atoms with van der Waals surface area (Å²) in [7, 11) is 1.65. The predicted molar refractivity (Wildman–Crippen MR) is 77.3 cm³/mol. The van der Waals surface area contributed by atoms with E-state index in [1.54, 1.807) is 7.11 Å². The number of rotatable bonds is 7. The first-order valence-corrected chi connectivity index (χ1v) is 6.77. The number of nitrogens with zero attached hydrogens (tertiary/aromatic N) is 1. The molecule has 0 aliphatic rings. The fourth-order valence-electron chi connectivity index (χ4n) is 1.96. The van der Waals surface area contributed by atoms with Crippen molar-refractivity contribution >= 4 is 5.91 Å². The third-order valence-electron chi connectivity index (χ3n) is 3.27. The van der Waals surface area contributed by atoms with Crippen LogP contribution in [0.25, 0.3) is 0 Å². The molecule has 106 valence electrons. The van der Waals surface area contributed by atoms with E-state index in [0.29, 0.717) is 6.54 Å². The Kier molecular flexibility index (Phi) is 6.36. The number of amides is 1. The third kappa shape index (κ3) is 4.56. The van der Waals surface area contributed by atoms with Crippen LogP contribution >= 0.6 is 0 Å². The number of ether oxygens (including phenoxy) is 1. The molecule has 1 atom stereocenters. The molecule has 0 radical (unpaired) electrons. The summed E-state index contributed by atoms with van der Waals surface area (Å²) in [5.74, 6) is 0.973. The van der Waals surface area contributed by atoms with Crippen LogP contribution in [0.3, 0.4) is 0 Å². The average molecular weight is 264 g/mol. The highest BCUT2D eigenvalue weighted by molar-refractivity contribution is 5.78. The van der Waals surface area contributed by atoms with Gasteiger partial charge in [0.25, 0.3) is 0 Å². The maximum atomic E-state index is 11.9. The van der Waals surface area contributed by atoms with Crippen molar-refractivity contribution < 1.29 is 9.53 Å². The van der Waals surface area contributed by atoms with E-state index in [4.69, 9.17) is 4.74 Å². The minimum atomic E-state index is 0.120. The van der Waals surface area contributed by atoms with Gasteiger partial charge >= 0.3 is 0 Å². The molecule has 19 heavy (non-hydrogen) atoms. The summed E-state index contributed by atoms with van der Waals surface area (Å²) < 4.78 is 5.20. The van der Waals surface area contributed by atoms with Crippen LogP contribution in [0.5, 0.6) is 5.75 Å². The minimum absolute atomic E-state index is 0.120. The Morgan fingerprint density at radius 2 is 2.05 bits per heavy atom. The molecule has 0 spiro atoms. The summed E-state index contributed by atoms with van der Waals surface area (Å²) in [6.07, 6.45) is 0. The van der Waals surface area contributed by atoms with Crippen LogP contribution in [0.15, 0.2) is 24.3 Å².